The van der Waals surface area contributed by atoms with Gasteiger partial charge in [-0.2, -0.15) is 0 Å². The summed E-state index contributed by atoms with van der Waals surface area (Å²) >= 11 is 0. The number of hydrogen-bond acceptors (Lipinski definition) is 4. The van der Waals surface area contributed by atoms with Gasteiger partial charge in [0.2, 0.25) is 6.79 Å². The average Bonchev–Trinajstić information content (AvgIpc) is 2.60. The van der Waals surface area contributed by atoms with Crippen LogP contribution in [0.1, 0.15) is 57.7 Å². The van der Waals surface area contributed by atoms with Crippen molar-refractivity contribution in [2.75, 3.05) is 6.79 Å². The smallest absolute Gasteiger partial charge is 0.314 e. The first-order valence-corrected chi connectivity index (χ1v) is 9.97. The number of ether oxygens (including phenoxy) is 2. The molecule has 0 aliphatic carbocycles. The highest BCUT2D eigenvalue weighted by atomic mass is 16.7. The zero-order valence-corrected chi connectivity index (χ0v) is 18.4. The van der Waals surface area contributed by atoms with Gasteiger partial charge in [0.15, 0.2) is 0 Å². The van der Waals surface area contributed by atoms with Crippen molar-refractivity contribution < 1.29 is 19.4 Å². The highest BCUT2D eigenvalue weighted by Crippen LogP contribution is 2.42. The predicted octanol–water partition coefficient (Wildman–Crippen LogP) is 6.28. The summed E-state index contributed by atoms with van der Waals surface area (Å²) in [5, 5.41) is 10.9. The topological polar surface area (TPSA) is 55.8 Å². The molecule has 0 spiro atoms. The van der Waals surface area contributed by atoms with Crippen molar-refractivity contribution >= 4 is 11.5 Å². The molecule has 4 heteroatoms. The Hall–Kier alpha value is -2.75. The molecule has 1 N–H and O–H groups in total. The molecule has 0 atom stereocenters. The van der Waals surface area contributed by atoms with Gasteiger partial charge in [-0.25, -0.2) is 0 Å². The lowest BCUT2D eigenvalue weighted by Crippen LogP contribution is -2.24. The van der Waals surface area contributed by atoms with E-state index in [1.165, 1.54) is 0 Å². The Morgan fingerprint density at radius 1 is 1.17 bits per heavy atom. The van der Waals surface area contributed by atoms with Crippen LogP contribution in [0.4, 0.5) is 0 Å². The summed E-state index contributed by atoms with van der Waals surface area (Å²) in [5.41, 5.74) is 4.67. The Balaban J connectivity index is 2.51. The van der Waals surface area contributed by atoms with E-state index in [1.807, 2.05) is 38.1 Å². The van der Waals surface area contributed by atoms with E-state index in [1.54, 1.807) is 26.8 Å². The summed E-state index contributed by atoms with van der Waals surface area (Å²) in [4.78, 5) is 12.1. The zero-order chi connectivity index (χ0) is 21.8. The molecule has 0 heterocycles. The van der Waals surface area contributed by atoms with Gasteiger partial charge in [-0.15, -0.1) is 0 Å². The summed E-state index contributed by atoms with van der Waals surface area (Å²) in [6.45, 7) is 15.2. The highest BCUT2D eigenvalue weighted by Gasteiger charge is 2.24. The van der Waals surface area contributed by atoms with Crippen LogP contribution in [0, 0.1) is 12.3 Å². The maximum Gasteiger partial charge on any atom is 0.314 e. The number of carbonyl (C=O) groups is 1. The lowest BCUT2D eigenvalue weighted by Gasteiger charge is -2.20. The van der Waals surface area contributed by atoms with Crippen LogP contribution >= 0.6 is 0 Å². The average molecular weight is 397 g/mol. The van der Waals surface area contributed by atoms with Gasteiger partial charge in [-0.05, 0) is 69.9 Å². The first-order chi connectivity index (χ1) is 13.5. The summed E-state index contributed by atoms with van der Waals surface area (Å²) in [6.07, 6.45) is 1.76. The van der Waals surface area contributed by atoms with Crippen LogP contribution < -0.4 is 4.74 Å². The van der Waals surface area contributed by atoms with Gasteiger partial charge < -0.3 is 14.6 Å². The second-order valence-corrected chi connectivity index (χ2v) is 8.51. The summed E-state index contributed by atoms with van der Waals surface area (Å²) in [5.74, 6) is 0.288. The van der Waals surface area contributed by atoms with Crippen molar-refractivity contribution in [3.8, 4) is 22.6 Å². The fourth-order valence-electron chi connectivity index (χ4n) is 3.07. The Kier molecular flexibility index (Phi) is 7.12. The molecule has 0 aliphatic heterocycles. The lowest BCUT2D eigenvalue weighted by atomic mass is 9.92. The van der Waals surface area contributed by atoms with Gasteiger partial charge in [-0.3, -0.25) is 4.79 Å². The largest absolute Gasteiger partial charge is 0.507 e. The Morgan fingerprint density at radius 3 is 2.45 bits per heavy atom. The molecule has 0 aliphatic rings. The van der Waals surface area contributed by atoms with Crippen LogP contribution in [0.3, 0.4) is 0 Å². The number of esters is 1. The van der Waals surface area contributed by atoms with Crippen LogP contribution in [0.15, 0.2) is 36.9 Å². The minimum atomic E-state index is -0.609. The van der Waals surface area contributed by atoms with E-state index in [-0.39, 0.29) is 18.5 Å². The second-order valence-electron chi connectivity index (χ2n) is 8.51. The first-order valence-electron chi connectivity index (χ1n) is 9.97. The number of hydrogen-bond donors (Lipinski definition) is 1. The van der Waals surface area contributed by atoms with Gasteiger partial charge in [0, 0.05) is 0 Å². The summed E-state index contributed by atoms with van der Waals surface area (Å²) < 4.78 is 11.1. The summed E-state index contributed by atoms with van der Waals surface area (Å²) in [7, 11) is 0. The number of aryl methyl sites for hydroxylation is 2. The Morgan fingerprint density at radius 2 is 1.86 bits per heavy atom. The third-order valence-corrected chi connectivity index (χ3v) is 4.60. The minimum absolute atomic E-state index is 0.140. The van der Waals surface area contributed by atoms with Gasteiger partial charge in [0.25, 0.3) is 0 Å². The maximum absolute atomic E-state index is 12.1. The number of phenolic OH excluding ortho intramolecular Hbond substituents is 1. The Labute approximate surface area is 174 Å². The molecule has 0 radical (unpaired) electrons. The molecule has 0 bridgehead atoms. The van der Waals surface area contributed by atoms with Gasteiger partial charge in [0.05, 0.1) is 11.0 Å². The van der Waals surface area contributed by atoms with Crippen molar-refractivity contribution in [1.29, 1.82) is 0 Å². The molecule has 0 aromatic heterocycles. The standard InChI is InChI=1S/C25H32O4/c1-8-9-18-13-21(26)23(20-12-17(4)10-11-19(20)16(2)3)22(14-18)28-15-29-24(27)25(5,6)7/h10-14,26H,2,8-9,15H2,1,3-7H3. The number of carbonyl (C=O) groups excluding carboxylic acids is 1. The number of allylic oxidation sites excluding steroid dienone is 1. The van der Waals surface area contributed by atoms with Crippen molar-refractivity contribution in [2.45, 2.75) is 54.4 Å². The van der Waals surface area contributed by atoms with Crippen LogP contribution in [0.25, 0.3) is 16.7 Å². The van der Waals surface area contributed by atoms with Crippen molar-refractivity contribution in [3.05, 3.63) is 53.6 Å². The molecule has 0 fully saturated rings. The number of phenols is 1. The van der Waals surface area contributed by atoms with Crippen LogP contribution in [0.2, 0.25) is 0 Å². The van der Waals surface area contributed by atoms with E-state index in [4.69, 9.17) is 9.47 Å². The van der Waals surface area contributed by atoms with E-state index >= 15 is 0 Å². The van der Waals surface area contributed by atoms with E-state index in [0.29, 0.717) is 11.3 Å². The van der Waals surface area contributed by atoms with Crippen molar-refractivity contribution in [1.82, 2.24) is 0 Å². The van der Waals surface area contributed by atoms with E-state index in [0.717, 1.165) is 40.7 Å². The molecule has 2 rings (SSSR count). The van der Waals surface area contributed by atoms with Crippen LogP contribution in [0.5, 0.6) is 11.5 Å². The molecule has 0 saturated carbocycles. The molecule has 2 aromatic carbocycles. The van der Waals surface area contributed by atoms with Crippen LogP contribution in [-0.4, -0.2) is 17.9 Å². The molecule has 156 valence electrons. The molecular formula is C25H32O4. The van der Waals surface area contributed by atoms with Gasteiger partial charge in [-0.1, -0.05) is 49.3 Å². The first kappa shape index (κ1) is 22.5. The van der Waals surface area contributed by atoms with Crippen molar-refractivity contribution in [3.63, 3.8) is 0 Å². The normalized spacial score (nSPS) is 11.2. The Bertz CT molecular complexity index is 904. The van der Waals surface area contributed by atoms with Crippen LogP contribution in [-0.2, 0) is 16.0 Å². The third-order valence-electron chi connectivity index (χ3n) is 4.60. The maximum atomic E-state index is 12.1. The predicted molar refractivity (Wildman–Crippen MR) is 118 cm³/mol. The monoisotopic (exact) mass is 396 g/mol. The molecule has 2 aromatic rings. The fraction of sp³-hybridized carbons (Fsp3) is 0.400. The van der Waals surface area contributed by atoms with Gasteiger partial charge >= 0.3 is 5.97 Å². The fourth-order valence-corrected chi connectivity index (χ4v) is 3.07. The third kappa shape index (κ3) is 5.63. The lowest BCUT2D eigenvalue weighted by molar-refractivity contribution is -0.159. The molecule has 0 amide bonds. The quantitative estimate of drug-likeness (QED) is 0.442. The van der Waals surface area contributed by atoms with E-state index in [2.05, 4.69) is 13.5 Å². The molecule has 0 saturated heterocycles. The molecule has 29 heavy (non-hydrogen) atoms. The minimum Gasteiger partial charge on any atom is -0.507 e. The second kappa shape index (κ2) is 9.17. The number of rotatable bonds is 7. The van der Waals surface area contributed by atoms with Crippen molar-refractivity contribution in [2.24, 2.45) is 5.41 Å². The van der Waals surface area contributed by atoms with E-state index in [9.17, 15) is 9.90 Å². The molecule has 4 nitrogen and oxygen atoms in total. The number of aromatic hydroxyl groups is 1. The van der Waals surface area contributed by atoms with Gasteiger partial charge in [0.1, 0.15) is 11.5 Å². The van der Waals surface area contributed by atoms with E-state index < -0.39 is 5.41 Å². The highest BCUT2D eigenvalue weighted by molar-refractivity contribution is 5.86. The molecule has 0 unspecified atom stereocenters. The number of benzene rings is 2. The molecular weight excluding hydrogens is 364 g/mol. The zero-order valence-electron chi connectivity index (χ0n) is 18.4. The summed E-state index contributed by atoms with van der Waals surface area (Å²) in [6, 6.07) is 9.70. The SMILES string of the molecule is C=C(C)c1ccc(C)cc1-c1c(O)cc(CCC)cc1OCOC(=O)C(C)(C)C.